The molecule has 0 radical (unpaired) electrons. The quantitative estimate of drug-likeness (QED) is 0.471. The van der Waals surface area contributed by atoms with Gasteiger partial charge in [-0.25, -0.2) is 9.18 Å². The average molecular weight is 341 g/mol. The average Bonchev–Trinajstić information content (AvgIpc) is 2.52. The monoisotopic (exact) mass is 340 g/mol. The molecule has 1 aliphatic rings. The highest BCUT2D eigenvalue weighted by Crippen LogP contribution is 2.28. The first-order valence-electron chi connectivity index (χ1n) is 7.49. The molecule has 1 fully saturated rings. The Bertz CT molecular complexity index is 607. The van der Waals surface area contributed by atoms with E-state index in [-0.39, 0.29) is 28.8 Å². The standard InChI is InChI=1S/C17H18ClFO4/c1-2-3-16(20)22-12-6-4-11(5-7-12)17(21)23-13-8-9-14(18)15(19)10-13/h2-3,8-12H,4-7H2,1H3/b3-2+. The Morgan fingerprint density at radius 2 is 1.96 bits per heavy atom. The van der Waals surface area contributed by atoms with Crippen molar-refractivity contribution in [2.45, 2.75) is 38.7 Å². The zero-order chi connectivity index (χ0) is 16.8. The first kappa shape index (κ1) is 17.5. The van der Waals surface area contributed by atoms with Gasteiger partial charge in [0.1, 0.15) is 17.7 Å². The summed E-state index contributed by atoms with van der Waals surface area (Å²) < 4.78 is 23.8. The van der Waals surface area contributed by atoms with Crippen LogP contribution in [-0.4, -0.2) is 18.0 Å². The molecule has 1 aromatic carbocycles. The normalized spacial score (nSPS) is 21.2. The Morgan fingerprint density at radius 3 is 2.57 bits per heavy atom. The summed E-state index contributed by atoms with van der Waals surface area (Å²) in [6.45, 7) is 1.74. The highest BCUT2D eigenvalue weighted by molar-refractivity contribution is 6.30. The molecule has 0 saturated heterocycles. The minimum Gasteiger partial charge on any atom is -0.459 e. The lowest BCUT2D eigenvalue weighted by Gasteiger charge is -2.26. The Morgan fingerprint density at radius 1 is 1.26 bits per heavy atom. The summed E-state index contributed by atoms with van der Waals surface area (Å²) >= 11 is 5.58. The number of allylic oxidation sites excluding steroid dienone is 1. The van der Waals surface area contributed by atoms with Crippen molar-refractivity contribution in [2.24, 2.45) is 5.92 Å². The molecular formula is C17H18ClFO4. The van der Waals surface area contributed by atoms with Gasteiger partial charge in [0.05, 0.1) is 10.9 Å². The predicted molar refractivity (Wildman–Crippen MR) is 83.7 cm³/mol. The van der Waals surface area contributed by atoms with E-state index in [4.69, 9.17) is 21.1 Å². The Hall–Kier alpha value is -1.88. The fourth-order valence-electron chi connectivity index (χ4n) is 2.50. The van der Waals surface area contributed by atoms with E-state index in [0.717, 1.165) is 6.07 Å². The number of esters is 2. The number of hydrogen-bond donors (Lipinski definition) is 0. The number of rotatable bonds is 4. The van der Waals surface area contributed by atoms with E-state index < -0.39 is 11.8 Å². The summed E-state index contributed by atoms with van der Waals surface area (Å²) in [6, 6.07) is 3.88. The molecule has 0 bridgehead atoms. The number of carbonyl (C=O) groups is 2. The van der Waals surface area contributed by atoms with E-state index in [0.29, 0.717) is 25.7 Å². The van der Waals surface area contributed by atoms with Gasteiger partial charge in [0, 0.05) is 12.1 Å². The van der Waals surface area contributed by atoms with Crippen LogP contribution in [0.3, 0.4) is 0 Å². The fraction of sp³-hybridized carbons (Fsp3) is 0.412. The van der Waals surface area contributed by atoms with Crippen molar-refractivity contribution in [3.05, 3.63) is 41.2 Å². The predicted octanol–water partition coefficient (Wildman–Crippen LogP) is 4.06. The summed E-state index contributed by atoms with van der Waals surface area (Å²) in [7, 11) is 0. The summed E-state index contributed by atoms with van der Waals surface area (Å²) in [5, 5.41) is -0.0201. The molecule has 2 rings (SSSR count). The summed E-state index contributed by atoms with van der Waals surface area (Å²) in [4.78, 5) is 23.5. The van der Waals surface area contributed by atoms with Crippen LogP contribution in [0.15, 0.2) is 30.4 Å². The molecule has 0 spiro atoms. The van der Waals surface area contributed by atoms with Crippen LogP contribution in [0, 0.1) is 11.7 Å². The second-order valence-corrected chi connectivity index (χ2v) is 5.81. The van der Waals surface area contributed by atoms with Gasteiger partial charge in [-0.2, -0.15) is 0 Å². The molecule has 4 nitrogen and oxygen atoms in total. The molecule has 6 heteroatoms. The van der Waals surface area contributed by atoms with E-state index in [2.05, 4.69) is 0 Å². The minimum absolute atomic E-state index is 0.0201. The zero-order valence-corrected chi connectivity index (χ0v) is 13.5. The molecule has 0 heterocycles. The molecule has 1 saturated carbocycles. The third-order valence-corrected chi connectivity index (χ3v) is 4.01. The van der Waals surface area contributed by atoms with Gasteiger partial charge in [0.25, 0.3) is 0 Å². The lowest BCUT2D eigenvalue weighted by molar-refractivity contribution is -0.147. The van der Waals surface area contributed by atoms with Crippen molar-refractivity contribution in [3.63, 3.8) is 0 Å². The maximum absolute atomic E-state index is 13.3. The molecule has 23 heavy (non-hydrogen) atoms. The molecule has 0 unspecified atom stereocenters. The van der Waals surface area contributed by atoms with Gasteiger partial charge in [0.15, 0.2) is 0 Å². The van der Waals surface area contributed by atoms with Crippen LogP contribution in [0.4, 0.5) is 4.39 Å². The lowest BCUT2D eigenvalue weighted by Crippen LogP contribution is -2.29. The van der Waals surface area contributed by atoms with Crippen LogP contribution in [-0.2, 0) is 14.3 Å². The van der Waals surface area contributed by atoms with Crippen LogP contribution in [0.25, 0.3) is 0 Å². The van der Waals surface area contributed by atoms with Crippen molar-refractivity contribution in [1.82, 2.24) is 0 Å². The number of ether oxygens (including phenoxy) is 2. The van der Waals surface area contributed by atoms with E-state index >= 15 is 0 Å². The van der Waals surface area contributed by atoms with Crippen molar-refractivity contribution in [3.8, 4) is 5.75 Å². The molecular weight excluding hydrogens is 323 g/mol. The Kier molecular flexibility index (Phi) is 6.16. The maximum Gasteiger partial charge on any atom is 0.330 e. The van der Waals surface area contributed by atoms with E-state index in [9.17, 15) is 14.0 Å². The number of halogens is 2. The van der Waals surface area contributed by atoms with Gasteiger partial charge in [-0.05, 0) is 44.7 Å². The van der Waals surface area contributed by atoms with Crippen LogP contribution in [0.1, 0.15) is 32.6 Å². The van der Waals surface area contributed by atoms with Crippen molar-refractivity contribution in [2.75, 3.05) is 0 Å². The van der Waals surface area contributed by atoms with Crippen LogP contribution in [0.2, 0.25) is 5.02 Å². The fourth-order valence-corrected chi connectivity index (χ4v) is 2.61. The zero-order valence-electron chi connectivity index (χ0n) is 12.8. The van der Waals surface area contributed by atoms with Gasteiger partial charge < -0.3 is 9.47 Å². The van der Waals surface area contributed by atoms with Crippen molar-refractivity contribution in [1.29, 1.82) is 0 Å². The van der Waals surface area contributed by atoms with E-state index in [1.165, 1.54) is 18.2 Å². The van der Waals surface area contributed by atoms with Gasteiger partial charge in [-0.15, -0.1) is 0 Å². The van der Waals surface area contributed by atoms with Crippen LogP contribution in [0.5, 0.6) is 5.75 Å². The van der Waals surface area contributed by atoms with Crippen molar-refractivity contribution < 1.29 is 23.5 Å². The summed E-state index contributed by atoms with van der Waals surface area (Å²) in [5.41, 5.74) is 0. The first-order valence-corrected chi connectivity index (χ1v) is 7.87. The molecule has 124 valence electrons. The number of benzene rings is 1. The second kappa shape index (κ2) is 8.11. The topological polar surface area (TPSA) is 52.6 Å². The molecule has 0 amide bonds. The van der Waals surface area contributed by atoms with E-state index in [1.54, 1.807) is 13.0 Å². The molecule has 0 N–H and O–H groups in total. The molecule has 0 aliphatic heterocycles. The van der Waals surface area contributed by atoms with Gasteiger partial charge in [-0.3, -0.25) is 4.79 Å². The Labute approximate surface area is 139 Å². The molecule has 0 atom stereocenters. The third kappa shape index (κ3) is 5.06. The maximum atomic E-state index is 13.3. The van der Waals surface area contributed by atoms with E-state index in [1.807, 2.05) is 0 Å². The summed E-state index contributed by atoms with van der Waals surface area (Å²) in [5.74, 6) is -1.53. The smallest absolute Gasteiger partial charge is 0.330 e. The highest BCUT2D eigenvalue weighted by atomic mass is 35.5. The minimum atomic E-state index is -0.628. The molecule has 1 aromatic rings. The van der Waals surface area contributed by atoms with Gasteiger partial charge in [0.2, 0.25) is 0 Å². The lowest BCUT2D eigenvalue weighted by atomic mass is 9.87. The highest BCUT2D eigenvalue weighted by Gasteiger charge is 2.29. The van der Waals surface area contributed by atoms with Gasteiger partial charge in [-0.1, -0.05) is 17.7 Å². The molecule has 1 aliphatic carbocycles. The van der Waals surface area contributed by atoms with Crippen molar-refractivity contribution >= 4 is 23.5 Å². The Balaban J connectivity index is 1.83. The third-order valence-electron chi connectivity index (χ3n) is 3.70. The largest absolute Gasteiger partial charge is 0.459 e. The van der Waals surface area contributed by atoms with Crippen LogP contribution < -0.4 is 4.74 Å². The number of carbonyl (C=O) groups excluding carboxylic acids is 2. The van der Waals surface area contributed by atoms with Gasteiger partial charge >= 0.3 is 11.9 Å². The number of hydrogen-bond acceptors (Lipinski definition) is 4. The molecule has 0 aromatic heterocycles. The SMILES string of the molecule is C/C=C/C(=O)OC1CCC(C(=O)Oc2ccc(Cl)c(F)c2)CC1. The summed E-state index contributed by atoms with van der Waals surface area (Å²) in [6.07, 6.45) is 5.18. The van der Waals surface area contributed by atoms with Crippen LogP contribution >= 0.6 is 11.6 Å². The second-order valence-electron chi connectivity index (χ2n) is 5.41. The first-order chi connectivity index (χ1) is 11.0.